The van der Waals surface area contributed by atoms with Gasteiger partial charge in [-0.15, -0.1) is 11.3 Å². The molecule has 5 aromatic rings. The van der Waals surface area contributed by atoms with E-state index in [-0.39, 0.29) is 16.9 Å². The highest BCUT2D eigenvalue weighted by Gasteiger charge is 2.31. The summed E-state index contributed by atoms with van der Waals surface area (Å²) in [5.41, 5.74) is 5.49. The average Bonchev–Trinajstić information content (AvgIpc) is 3.66. The molecule has 196 valence electrons. The van der Waals surface area contributed by atoms with E-state index in [1.807, 2.05) is 19.2 Å². The molecule has 0 amide bonds. The quantitative estimate of drug-likeness (QED) is 0.282. The highest BCUT2D eigenvalue weighted by molar-refractivity contribution is 7.14. The van der Waals surface area contributed by atoms with E-state index in [9.17, 15) is 4.39 Å². The molecular formula is C29H25F2N7S. The lowest BCUT2D eigenvalue weighted by Crippen LogP contribution is -2.29. The van der Waals surface area contributed by atoms with Crippen molar-refractivity contribution in [1.29, 1.82) is 0 Å². The third kappa shape index (κ3) is 4.33. The van der Waals surface area contributed by atoms with Crippen LogP contribution in [0.2, 0.25) is 0 Å². The maximum atomic E-state index is 16.3. The number of fused-ring (bicyclic) bond motifs is 2. The minimum atomic E-state index is -0.438. The Hall–Kier alpha value is -3.89. The highest BCUT2D eigenvalue weighted by Crippen LogP contribution is 2.37. The van der Waals surface area contributed by atoms with Crippen molar-refractivity contribution in [2.24, 2.45) is 4.99 Å². The number of nitrogens with zero attached hydrogens (tertiary/aromatic N) is 6. The summed E-state index contributed by atoms with van der Waals surface area (Å²) in [5.74, 6) is 0.00144. The van der Waals surface area contributed by atoms with Crippen molar-refractivity contribution in [3.8, 4) is 21.7 Å². The molecule has 1 N–H and O–H groups in total. The van der Waals surface area contributed by atoms with Crippen LogP contribution in [-0.4, -0.2) is 48.6 Å². The van der Waals surface area contributed by atoms with Crippen molar-refractivity contribution in [3.63, 3.8) is 0 Å². The molecule has 5 aromatic heterocycles. The lowest BCUT2D eigenvalue weighted by Gasteiger charge is -2.26. The van der Waals surface area contributed by atoms with E-state index in [4.69, 9.17) is 9.98 Å². The fraction of sp³-hybridized carbons (Fsp3) is 0.276. The monoisotopic (exact) mass is 541 g/mol. The molecule has 2 aliphatic rings. The SMILES string of the molecule is C[C@@H]1N=C(c2nc3c(-c4ccc(F)s4)cncc3[nH]2)c2c1cnc(-c1cncc(CN3CCCCC3)c1)c2F. The van der Waals surface area contributed by atoms with Crippen molar-refractivity contribution in [1.82, 2.24) is 29.8 Å². The van der Waals surface area contributed by atoms with Crippen LogP contribution in [0.25, 0.3) is 32.7 Å². The van der Waals surface area contributed by atoms with Crippen LogP contribution in [-0.2, 0) is 6.54 Å². The van der Waals surface area contributed by atoms with Gasteiger partial charge < -0.3 is 4.98 Å². The van der Waals surface area contributed by atoms with E-state index in [1.165, 1.54) is 25.3 Å². The van der Waals surface area contributed by atoms with Gasteiger partial charge in [-0.25, -0.2) is 9.37 Å². The zero-order valence-corrected chi connectivity index (χ0v) is 22.1. The van der Waals surface area contributed by atoms with Crippen LogP contribution in [0.15, 0.2) is 54.2 Å². The molecule has 39 heavy (non-hydrogen) atoms. The molecule has 7 nitrogen and oxygen atoms in total. The summed E-state index contributed by atoms with van der Waals surface area (Å²) < 4.78 is 30.0. The molecule has 7 rings (SSSR count). The third-order valence-electron chi connectivity index (χ3n) is 7.44. The van der Waals surface area contributed by atoms with E-state index in [0.29, 0.717) is 44.8 Å². The molecule has 0 bridgehead atoms. The van der Waals surface area contributed by atoms with Gasteiger partial charge in [0.15, 0.2) is 16.8 Å². The van der Waals surface area contributed by atoms with Gasteiger partial charge in [0.05, 0.1) is 17.8 Å². The molecular weight excluding hydrogens is 516 g/mol. The van der Waals surface area contributed by atoms with Gasteiger partial charge in [0.25, 0.3) is 0 Å². The minimum Gasteiger partial charge on any atom is -0.335 e. The summed E-state index contributed by atoms with van der Waals surface area (Å²) in [6, 6.07) is 4.84. The molecule has 0 aliphatic carbocycles. The Kier molecular flexibility index (Phi) is 6.01. The smallest absolute Gasteiger partial charge is 0.176 e. The van der Waals surface area contributed by atoms with Crippen molar-refractivity contribution < 1.29 is 8.78 Å². The van der Waals surface area contributed by atoms with Gasteiger partial charge in [0.1, 0.15) is 16.9 Å². The fourth-order valence-corrected chi connectivity index (χ4v) is 6.27. The van der Waals surface area contributed by atoms with Gasteiger partial charge in [0.2, 0.25) is 0 Å². The number of imidazole rings is 1. The first-order valence-electron chi connectivity index (χ1n) is 13.1. The van der Waals surface area contributed by atoms with Crippen molar-refractivity contribution in [2.75, 3.05) is 13.1 Å². The Morgan fingerprint density at radius 1 is 1.03 bits per heavy atom. The normalized spacial score (nSPS) is 17.5. The number of thiophene rings is 1. The molecule has 0 radical (unpaired) electrons. The van der Waals surface area contributed by atoms with Gasteiger partial charge in [-0.05, 0) is 56.6 Å². The first kappa shape index (κ1) is 24.2. The standard InChI is InChI=1S/C29H25F2N7S/c1-16-19-13-34-26(18-9-17(10-32-11-18)15-38-7-3-2-4-8-38)25(31)24(19)28(35-16)29-36-21-14-33-12-20(27(21)37-29)22-5-6-23(30)39-22/h5-6,9-14,16H,2-4,7-8,15H2,1H3,(H,36,37)/t16-/m0/s1. The van der Waals surface area contributed by atoms with Crippen LogP contribution in [0.4, 0.5) is 8.78 Å². The Bertz CT molecular complexity index is 1740. The molecule has 0 unspecified atom stereocenters. The molecule has 0 spiro atoms. The summed E-state index contributed by atoms with van der Waals surface area (Å²) in [5, 5.41) is -0.280. The van der Waals surface area contributed by atoms with E-state index < -0.39 is 5.82 Å². The second kappa shape index (κ2) is 9.69. The molecule has 2 aliphatic heterocycles. The first-order valence-corrected chi connectivity index (χ1v) is 13.9. The number of likely N-dealkylation sites (tertiary alicyclic amines) is 1. The number of rotatable bonds is 5. The van der Waals surface area contributed by atoms with E-state index in [0.717, 1.165) is 41.4 Å². The molecule has 0 aromatic carbocycles. The van der Waals surface area contributed by atoms with Crippen LogP contribution in [0.1, 0.15) is 54.7 Å². The zero-order chi connectivity index (χ0) is 26.5. The van der Waals surface area contributed by atoms with Crippen molar-refractivity contribution in [3.05, 3.63) is 82.6 Å². The van der Waals surface area contributed by atoms with Gasteiger partial charge in [0, 0.05) is 58.5 Å². The zero-order valence-electron chi connectivity index (χ0n) is 21.3. The van der Waals surface area contributed by atoms with E-state index in [2.05, 4.69) is 24.8 Å². The second-order valence-electron chi connectivity index (χ2n) is 10.1. The summed E-state index contributed by atoms with van der Waals surface area (Å²) >= 11 is 1.03. The number of H-pyrrole nitrogens is 1. The summed E-state index contributed by atoms with van der Waals surface area (Å²) in [7, 11) is 0. The van der Waals surface area contributed by atoms with Crippen molar-refractivity contribution in [2.45, 2.75) is 38.8 Å². The topological polar surface area (TPSA) is 82.9 Å². The summed E-state index contributed by atoms with van der Waals surface area (Å²) in [6.45, 7) is 4.85. The van der Waals surface area contributed by atoms with Gasteiger partial charge in [-0.2, -0.15) is 4.39 Å². The molecule has 7 heterocycles. The van der Waals surface area contributed by atoms with Crippen LogP contribution >= 0.6 is 11.3 Å². The number of pyridine rings is 3. The third-order valence-corrected chi connectivity index (χ3v) is 8.35. The Labute approximate surface area is 227 Å². The van der Waals surface area contributed by atoms with Crippen LogP contribution in [0, 0.1) is 10.9 Å². The Balaban J connectivity index is 1.27. The summed E-state index contributed by atoms with van der Waals surface area (Å²) in [4.78, 5) is 29.2. The molecule has 10 heteroatoms. The van der Waals surface area contributed by atoms with E-state index in [1.54, 1.807) is 30.9 Å². The molecule has 1 atom stereocenters. The van der Waals surface area contributed by atoms with E-state index >= 15 is 4.39 Å². The van der Waals surface area contributed by atoms with Crippen molar-refractivity contribution >= 4 is 28.1 Å². The lowest BCUT2D eigenvalue weighted by molar-refractivity contribution is 0.220. The average molecular weight is 542 g/mol. The second-order valence-corrected chi connectivity index (χ2v) is 11.1. The number of nitrogens with one attached hydrogen (secondary N) is 1. The van der Waals surface area contributed by atoms with Gasteiger partial charge in [-0.3, -0.25) is 24.8 Å². The molecule has 0 saturated carbocycles. The predicted molar refractivity (Wildman–Crippen MR) is 148 cm³/mol. The van der Waals surface area contributed by atoms with Crippen LogP contribution < -0.4 is 0 Å². The minimum absolute atomic E-state index is 0.246. The number of halogens is 2. The number of aliphatic imine (C=N–C) groups is 1. The maximum absolute atomic E-state index is 16.3. The lowest BCUT2D eigenvalue weighted by atomic mass is 10.00. The largest absolute Gasteiger partial charge is 0.335 e. The first-order chi connectivity index (χ1) is 19.0. The number of piperidine rings is 1. The fourth-order valence-electron chi connectivity index (χ4n) is 5.53. The number of hydrogen-bond donors (Lipinski definition) is 1. The Morgan fingerprint density at radius 2 is 1.87 bits per heavy atom. The Morgan fingerprint density at radius 3 is 2.69 bits per heavy atom. The van der Waals surface area contributed by atoms with Gasteiger partial charge >= 0.3 is 0 Å². The number of aromatic amines is 1. The number of aromatic nitrogens is 5. The maximum Gasteiger partial charge on any atom is 0.176 e. The summed E-state index contributed by atoms with van der Waals surface area (Å²) in [6.07, 6.45) is 12.2. The van der Waals surface area contributed by atoms with Crippen LogP contribution in [0.5, 0.6) is 0 Å². The predicted octanol–water partition coefficient (Wildman–Crippen LogP) is 6.32. The molecule has 1 saturated heterocycles. The number of hydrogen-bond acceptors (Lipinski definition) is 7. The van der Waals surface area contributed by atoms with Crippen LogP contribution in [0.3, 0.4) is 0 Å². The molecule has 1 fully saturated rings. The van der Waals surface area contributed by atoms with Gasteiger partial charge in [-0.1, -0.05) is 6.42 Å². The highest BCUT2D eigenvalue weighted by atomic mass is 32.1.